The molecule has 10 heteroatoms. The minimum absolute atomic E-state index is 0. The Labute approximate surface area is 184 Å². The van der Waals surface area contributed by atoms with Crippen molar-refractivity contribution in [1.82, 2.24) is 0 Å². The molecule has 2 aromatic carbocycles. The van der Waals surface area contributed by atoms with Crippen molar-refractivity contribution in [2.24, 2.45) is 4.99 Å². The average Bonchev–Trinajstić information content (AvgIpc) is 2.60. The summed E-state index contributed by atoms with van der Waals surface area (Å²) in [4.78, 5) is 3.66. The van der Waals surface area contributed by atoms with Gasteiger partial charge in [-0.05, 0) is 0 Å². The van der Waals surface area contributed by atoms with Crippen LogP contribution in [0.2, 0.25) is 0 Å². The first-order valence-electron chi connectivity index (χ1n) is 7.54. The minimum atomic E-state index is -2.22. The van der Waals surface area contributed by atoms with E-state index in [0.717, 1.165) is 5.56 Å². The van der Waals surface area contributed by atoms with Gasteiger partial charge in [-0.25, -0.2) is 0 Å². The van der Waals surface area contributed by atoms with Gasteiger partial charge in [0.15, 0.2) is 0 Å². The SMILES string of the molecule is CC(=Nc1c(F)c(F)c(F)c(F)c1F)c1cccc(C(C)(C)C)c1[O][Ti].Cl.Cl. The second-order valence-electron chi connectivity index (χ2n) is 6.65. The molecule has 0 aliphatic carbocycles. The van der Waals surface area contributed by atoms with Crippen molar-refractivity contribution in [2.75, 3.05) is 0 Å². The maximum Gasteiger partial charge on any atom is -0.147 e. The first-order chi connectivity index (χ1) is 12.0. The summed E-state index contributed by atoms with van der Waals surface area (Å²) in [5.74, 6) is -9.83. The van der Waals surface area contributed by atoms with Crippen LogP contribution in [0, 0.1) is 29.1 Å². The van der Waals surface area contributed by atoms with E-state index in [9.17, 15) is 22.0 Å². The van der Waals surface area contributed by atoms with Gasteiger partial charge >= 0.3 is 160 Å². The van der Waals surface area contributed by atoms with Crippen molar-refractivity contribution in [3.05, 3.63) is 58.4 Å². The van der Waals surface area contributed by atoms with Crippen LogP contribution < -0.4 is 3.32 Å². The topological polar surface area (TPSA) is 21.6 Å². The summed E-state index contributed by atoms with van der Waals surface area (Å²) in [7, 11) is 0. The van der Waals surface area contributed by atoms with Crippen molar-refractivity contribution in [2.45, 2.75) is 33.1 Å². The molecule has 2 nitrogen and oxygen atoms in total. The van der Waals surface area contributed by atoms with Crippen molar-refractivity contribution in [3.8, 4) is 5.75 Å². The zero-order valence-electron chi connectivity index (χ0n) is 15.3. The van der Waals surface area contributed by atoms with E-state index in [0.29, 0.717) is 11.3 Å². The van der Waals surface area contributed by atoms with E-state index in [1.165, 1.54) is 27.7 Å². The molecule has 0 aromatic heterocycles. The molecule has 0 N–H and O–H groups in total. The molecule has 0 fully saturated rings. The molecule has 0 heterocycles. The van der Waals surface area contributed by atoms with Gasteiger partial charge in [-0.3, -0.25) is 0 Å². The van der Waals surface area contributed by atoms with Crippen molar-refractivity contribution >= 4 is 36.2 Å². The summed E-state index contributed by atoms with van der Waals surface area (Å²) in [6.45, 7) is 7.25. The van der Waals surface area contributed by atoms with Crippen LogP contribution >= 0.6 is 24.8 Å². The van der Waals surface area contributed by atoms with E-state index in [4.69, 9.17) is 3.32 Å². The number of nitrogens with zero attached hydrogens (tertiary/aromatic N) is 1. The molecule has 0 unspecified atom stereocenters. The van der Waals surface area contributed by atoms with Crippen LogP contribution in [0.3, 0.4) is 0 Å². The van der Waals surface area contributed by atoms with Crippen molar-refractivity contribution in [1.29, 1.82) is 0 Å². The Kier molecular flexibility index (Phi) is 9.64. The van der Waals surface area contributed by atoms with Gasteiger partial charge in [-0.2, -0.15) is 0 Å². The van der Waals surface area contributed by atoms with E-state index < -0.39 is 34.8 Å². The number of para-hydroxylation sites is 1. The third-order valence-electron chi connectivity index (χ3n) is 3.78. The fourth-order valence-electron chi connectivity index (χ4n) is 2.44. The van der Waals surface area contributed by atoms with Gasteiger partial charge in [0.05, 0.1) is 0 Å². The number of benzene rings is 2. The van der Waals surface area contributed by atoms with Crippen LogP contribution in [0.5, 0.6) is 5.75 Å². The van der Waals surface area contributed by atoms with Gasteiger partial charge in [0.2, 0.25) is 0 Å². The second-order valence-corrected chi connectivity index (χ2v) is 6.97. The van der Waals surface area contributed by atoms with Crippen LogP contribution in [-0.2, 0) is 26.2 Å². The Morgan fingerprint density at radius 2 is 1.36 bits per heavy atom. The van der Waals surface area contributed by atoms with Crippen LogP contribution in [0.4, 0.5) is 27.6 Å². The van der Waals surface area contributed by atoms with Gasteiger partial charge in [-0.15, -0.1) is 24.8 Å². The first kappa shape index (κ1) is 26.9. The predicted molar refractivity (Wildman–Crippen MR) is 98.4 cm³/mol. The Bertz CT molecular complexity index is 872. The molecule has 153 valence electrons. The fraction of sp³-hybridized carbons (Fsp3) is 0.278. The summed E-state index contributed by atoms with van der Waals surface area (Å²) in [6, 6.07) is 5.13. The van der Waals surface area contributed by atoms with Crippen molar-refractivity contribution in [3.63, 3.8) is 0 Å². The van der Waals surface area contributed by atoms with Crippen LogP contribution in [0.25, 0.3) is 0 Å². The van der Waals surface area contributed by atoms with E-state index in [2.05, 4.69) is 4.99 Å². The molecule has 0 atom stereocenters. The van der Waals surface area contributed by atoms with Gasteiger partial charge in [0.1, 0.15) is 0 Å². The third-order valence-corrected chi connectivity index (χ3v) is 4.10. The number of rotatable bonds is 3. The summed E-state index contributed by atoms with van der Waals surface area (Å²) in [5, 5.41) is 0. The predicted octanol–water partition coefficient (Wildman–Crippen LogP) is 6.50. The molecular weight excluding hydrogens is 460 g/mol. The fourth-order valence-corrected chi connectivity index (χ4v) is 2.79. The summed E-state index contributed by atoms with van der Waals surface area (Å²) in [6.07, 6.45) is 0. The normalized spacial score (nSPS) is 11.5. The molecule has 2 aromatic rings. The Morgan fingerprint density at radius 1 is 0.893 bits per heavy atom. The first-order valence-corrected chi connectivity index (χ1v) is 8.18. The van der Waals surface area contributed by atoms with E-state index >= 15 is 0 Å². The van der Waals surface area contributed by atoms with Crippen LogP contribution in [-0.4, -0.2) is 5.71 Å². The molecule has 0 saturated carbocycles. The number of hydrogen-bond donors (Lipinski definition) is 0. The second kappa shape index (κ2) is 10.1. The zero-order valence-corrected chi connectivity index (χ0v) is 18.5. The average molecular weight is 477 g/mol. The Balaban J connectivity index is 0.00000364. The van der Waals surface area contributed by atoms with Crippen LogP contribution in [0.15, 0.2) is 23.2 Å². The molecule has 0 aliphatic rings. The van der Waals surface area contributed by atoms with Crippen molar-refractivity contribution < 1.29 is 46.1 Å². The van der Waals surface area contributed by atoms with Gasteiger partial charge in [-0.1, -0.05) is 0 Å². The van der Waals surface area contributed by atoms with Crippen LogP contribution in [0.1, 0.15) is 38.8 Å². The van der Waals surface area contributed by atoms with Gasteiger partial charge < -0.3 is 0 Å². The number of hydrogen-bond acceptors (Lipinski definition) is 2. The van der Waals surface area contributed by atoms with E-state index in [1.54, 1.807) is 12.1 Å². The monoisotopic (exact) mass is 476 g/mol. The number of halogens is 7. The van der Waals surface area contributed by atoms with Gasteiger partial charge in [0.25, 0.3) is 0 Å². The molecule has 0 spiro atoms. The Hall–Kier alpha value is -1.15. The Morgan fingerprint density at radius 3 is 1.79 bits per heavy atom. The smallest absolute Gasteiger partial charge is 0.147 e. The zero-order chi connectivity index (χ0) is 19.8. The molecule has 0 amide bonds. The molecule has 0 saturated heterocycles. The maximum atomic E-state index is 13.9. The summed E-state index contributed by atoms with van der Waals surface area (Å²) < 4.78 is 73.1. The minimum Gasteiger partial charge on any atom is -0.147 e. The molecule has 0 aliphatic heterocycles. The summed E-state index contributed by atoms with van der Waals surface area (Å²) >= 11 is 1.43. The van der Waals surface area contributed by atoms with Gasteiger partial charge in [0, 0.05) is 0 Å². The largest absolute Gasteiger partial charge is 0.147 e. The third kappa shape index (κ3) is 5.06. The molecule has 2 rings (SSSR count). The number of aliphatic imine (C=N–C) groups is 1. The molecular formula is C18H17Cl2F5NOTi. The van der Waals surface area contributed by atoms with E-state index in [-0.39, 0.29) is 35.9 Å². The standard InChI is InChI=1S/C18H16F5NO.2ClH.Ti/c1-8(9-6-5-7-10(17(9)25)18(2,3)4)24-16-14(22)12(20)11(19)13(21)15(16)23;;;/h5-7,25H,1-4H3;2*1H;/q;;;+1/p-1. The molecule has 0 bridgehead atoms. The van der Waals surface area contributed by atoms with E-state index in [1.807, 2.05) is 26.8 Å². The maximum absolute atomic E-state index is 13.9. The summed E-state index contributed by atoms with van der Waals surface area (Å²) in [5.41, 5.74) is -0.279. The quantitative estimate of drug-likeness (QED) is 0.163. The molecule has 0 radical (unpaired) electrons. The molecule has 28 heavy (non-hydrogen) atoms.